The van der Waals surface area contributed by atoms with Gasteiger partial charge in [0.25, 0.3) is 0 Å². The van der Waals surface area contributed by atoms with Crippen molar-refractivity contribution in [2.45, 2.75) is 0 Å². The van der Waals surface area contributed by atoms with Gasteiger partial charge in [-0.2, -0.15) is 0 Å². The number of carbonyl (C=O) groups excluding carboxylic acids is 1. The van der Waals surface area contributed by atoms with Crippen LogP contribution in [0.1, 0.15) is 20.7 Å². The number of primary amides is 1. The molecule has 2 aromatic rings. The van der Waals surface area contributed by atoms with E-state index in [9.17, 15) is 9.59 Å². The Morgan fingerprint density at radius 1 is 1.11 bits per heavy atom. The SMILES string of the molecule is NC(=O)c1c(C(=O)O)cccc1-c1ccccn1. The third-order valence-electron chi connectivity index (χ3n) is 2.48. The Morgan fingerprint density at radius 3 is 2.44 bits per heavy atom. The average molecular weight is 242 g/mol. The first kappa shape index (κ1) is 11.8. The molecule has 0 atom stereocenters. The number of hydrogen-bond donors (Lipinski definition) is 2. The molecule has 0 aliphatic rings. The van der Waals surface area contributed by atoms with Gasteiger partial charge in [-0.1, -0.05) is 18.2 Å². The van der Waals surface area contributed by atoms with Crippen LogP contribution in [0.3, 0.4) is 0 Å². The van der Waals surface area contributed by atoms with Crippen molar-refractivity contribution in [1.29, 1.82) is 0 Å². The Morgan fingerprint density at radius 2 is 1.89 bits per heavy atom. The van der Waals surface area contributed by atoms with Gasteiger partial charge in [-0.3, -0.25) is 9.78 Å². The van der Waals surface area contributed by atoms with Gasteiger partial charge in [0.1, 0.15) is 0 Å². The van der Waals surface area contributed by atoms with Gasteiger partial charge in [-0.15, -0.1) is 0 Å². The lowest BCUT2D eigenvalue weighted by Crippen LogP contribution is -2.17. The van der Waals surface area contributed by atoms with E-state index < -0.39 is 11.9 Å². The Bertz CT molecular complexity index is 609. The predicted octanol–water partition coefficient (Wildman–Crippen LogP) is 1.55. The minimum Gasteiger partial charge on any atom is -0.478 e. The smallest absolute Gasteiger partial charge is 0.336 e. The third-order valence-corrected chi connectivity index (χ3v) is 2.48. The largest absolute Gasteiger partial charge is 0.478 e. The number of carbonyl (C=O) groups is 2. The van der Waals surface area contributed by atoms with Gasteiger partial charge in [0.05, 0.1) is 16.8 Å². The molecule has 0 aliphatic carbocycles. The van der Waals surface area contributed by atoms with E-state index in [2.05, 4.69) is 4.98 Å². The molecular formula is C13H10N2O3. The monoisotopic (exact) mass is 242 g/mol. The van der Waals surface area contributed by atoms with Crippen LogP contribution in [0.4, 0.5) is 0 Å². The van der Waals surface area contributed by atoms with E-state index in [1.807, 2.05) is 0 Å². The first-order chi connectivity index (χ1) is 8.61. The van der Waals surface area contributed by atoms with Crippen molar-refractivity contribution in [3.05, 3.63) is 53.7 Å². The molecule has 1 aromatic heterocycles. The molecule has 90 valence electrons. The summed E-state index contributed by atoms with van der Waals surface area (Å²) in [5, 5.41) is 9.06. The maximum atomic E-state index is 11.5. The van der Waals surface area contributed by atoms with Crippen molar-refractivity contribution in [2.24, 2.45) is 5.73 Å². The zero-order chi connectivity index (χ0) is 13.1. The zero-order valence-electron chi connectivity index (χ0n) is 9.33. The number of aromatic carboxylic acids is 1. The average Bonchev–Trinajstić information content (AvgIpc) is 2.38. The second-order valence-corrected chi connectivity index (χ2v) is 3.61. The van der Waals surface area contributed by atoms with Crippen molar-refractivity contribution in [2.75, 3.05) is 0 Å². The van der Waals surface area contributed by atoms with Gasteiger partial charge < -0.3 is 10.8 Å². The number of rotatable bonds is 3. The molecule has 0 spiro atoms. The fourth-order valence-electron chi connectivity index (χ4n) is 1.73. The van der Waals surface area contributed by atoms with Gasteiger partial charge in [-0.25, -0.2) is 4.79 Å². The van der Waals surface area contributed by atoms with E-state index in [4.69, 9.17) is 10.8 Å². The Balaban J connectivity index is 2.72. The third kappa shape index (κ3) is 2.06. The molecule has 18 heavy (non-hydrogen) atoms. The molecule has 0 saturated heterocycles. The molecule has 3 N–H and O–H groups in total. The summed E-state index contributed by atoms with van der Waals surface area (Å²) in [6.07, 6.45) is 1.56. The standard InChI is InChI=1S/C13H10N2O3/c14-12(16)11-8(10-6-1-2-7-15-10)4-3-5-9(11)13(17)18/h1-7H,(H2,14,16)(H,17,18). The van der Waals surface area contributed by atoms with Crippen LogP contribution >= 0.6 is 0 Å². The Kier molecular flexibility index (Phi) is 3.05. The van der Waals surface area contributed by atoms with Gasteiger partial charge in [-0.05, 0) is 18.2 Å². The Hall–Kier alpha value is -2.69. The number of carboxylic acid groups (broad SMARTS) is 1. The summed E-state index contributed by atoms with van der Waals surface area (Å²) in [5.74, 6) is -1.98. The summed E-state index contributed by atoms with van der Waals surface area (Å²) >= 11 is 0. The molecule has 0 unspecified atom stereocenters. The first-order valence-electron chi connectivity index (χ1n) is 5.19. The lowest BCUT2D eigenvalue weighted by atomic mass is 9.98. The van der Waals surface area contributed by atoms with E-state index in [0.717, 1.165) is 0 Å². The molecule has 5 nitrogen and oxygen atoms in total. The first-order valence-corrected chi connectivity index (χ1v) is 5.19. The molecule has 1 aromatic carbocycles. The highest BCUT2D eigenvalue weighted by Crippen LogP contribution is 2.24. The molecular weight excluding hydrogens is 232 g/mol. The van der Waals surface area contributed by atoms with Crippen LogP contribution in [-0.4, -0.2) is 22.0 Å². The predicted molar refractivity (Wildman–Crippen MR) is 65.2 cm³/mol. The van der Waals surface area contributed by atoms with Crippen LogP contribution in [0.25, 0.3) is 11.3 Å². The van der Waals surface area contributed by atoms with Crippen LogP contribution in [-0.2, 0) is 0 Å². The summed E-state index contributed by atoms with van der Waals surface area (Å²) in [6, 6.07) is 9.69. The van der Waals surface area contributed by atoms with Crippen molar-refractivity contribution >= 4 is 11.9 Å². The Labute approximate surface area is 103 Å². The number of pyridine rings is 1. The second-order valence-electron chi connectivity index (χ2n) is 3.61. The van der Waals surface area contributed by atoms with E-state index >= 15 is 0 Å². The number of nitrogens with zero attached hydrogens (tertiary/aromatic N) is 1. The van der Waals surface area contributed by atoms with Gasteiger partial charge >= 0.3 is 5.97 Å². The van der Waals surface area contributed by atoms with Gasteiger partial charge in [0.2, 0.25) is 5.91 Å². The molecule has 2 rings (SSSR count). The molecule has 1 amide bonds. The van der Waals surface area contributed by atoms with Gasteiger partial charge in [0, 0.05) is 11.8 Å². The molecule has 5 heteroatoms. The molecule has 0 radical (unpaired) electrons. The maximum Gasteiger partial charge on any atom is 0.336 e. The highest BCUT2D eigenvalue weighted by Gasteiger charge is 2.19. The number of carboxylic acids is 1. The van der Waals surface area contributed by atoms with Crippen molar-refractivity contribution in [3.8, 4) is 11.3 Å². The zero-order valence-corrected chi connectivity index (χ0v) is 9.33. The van der Waals surface area contributed by atoms with Crippen LogP contribution in [0.2, 0.25) is 0 Å². The van der Waals surface area contributed by atoms with E-state index in [1.54, 1.807) is 36.5 Å². The minimum absolute atomic E-state index is 0.0244. The van der Waals surface area contributed by atoms with Crippen molar-refractivity contribution in [3.63, 3.8) is 0 Å². The topological polar surface area (TPSA) is 93.3 Å². The summed E-state index contributed by atoms with van der Waals surface area (Å²) in [7, 11) is 0. The summed E-state index contributed by atoms with van der Waals surface area (Å²) in [4.78, 5) is 26.6. The van der Waals surface area contributed by atoms with E-state index in [1.165, 1.54) is 6.07 Å². The van der Waals surface area contributed by atoms with Crippen molar-refractivity contribution < 1.29 is 14.7 Å². The van der Waals surface area contributed by atoms with Crippen LogP contribution in [0.15, 0.2) is 42.6 Å². The van der Waals surface area contributed by atoms with Gasteiger partial charge in [0.15, 0.2) is 0 Å². The molecule has 1 heterocycles. The van der Waals surface area contributed by atoms with Crippen molar-refractivity contribution in [1.82, 2.24) is 4.98 Å². The molecule has 0 aliphatic heterocycles. The number of benzene rings is 1. The molecule has 0 fully saturated rings. The van der Waals surface area contributed by atoms with Crippen LogP contribution in [0.5, 0.6) is 0 Å². The highest BCUT2D eigenvalue weighted by atomic mass is 16.4. The minimum atomic E-state index is -1.19. The second kappa shape index (κ2) is 4.67. The lowest BCUT2D eigenvalue weighted by Gasteiger charge is -2.08. The fraction of sp³-hybridized carbons (Fsp3) is 0. The summed E-state index contributed by atoms with van der Waals surface area (Å²) in [5.41, 5.74) is 6.04. The van der Waals surface area contributed by atoms with Crippen LogP contribution < -0.4 is 5.73 Å². The maximum absolute atomic E-state index is 11.5. The van der Waals surface area contributed by atoms with Crippen LogP contribution in [0, 0.1) is 0 Å². The van der Waals surface area contributed by atoms with E-state index in [0.29, 0.717) is 11.3 Å². The van der Waals surface area contributed by atoms with E-state index in [-0.39, 0.29) is 11.1 Å². The number of hydrogen-bond acceptors (Lipinski definition) is 3. The molecule has 0 bridgehead atoms. The normalized spacial score (nSPS) is 10.0. The highest BCUT2D eigenvalue weighted by molar-refractivity contribution is 6.08. The number of nitrogens with two attached hydrogens (primary N) is 1. The lowest BCUT2D eigenvalue weighted by molar-refractivity contribution is 0.0692. The fourth-order valence-corrected chi connectivity index (χ4v) is 1.73. The number of aromatic nitrogens is 1. The summed E-state index contributed by atoms with van der Waals surface area (Å²) < 4.78 is 0. The number of amides is 1. The quantitative estimate of drug-likeness (QED) is 0.853. The summed E-state index contributed by atoms with van der Waals surface area (Å²) in [6.45, 7) is 0. The molecule has 0 saturated carbocycles.